The van der Waals surface area contributed by atoms with Gasteiger partial charge in [-0.2, -0.15) is 22.0 Å². The average Bonchev–Trinajstić information content (AvgIpc) is 3.07. The molecule has 1 aliphatic rings. The summed E-state index contributed by atoms with van der Waals surface area (Å²) in [4.78, 5) is 10.6. The van der Waals surface area contributed by atoms with Crippen LogP contribution < -0.4 is 0 Å². The number of halogens is 5. The predicted molar refractivity (Wildman–Crippen MR) is 54.9 cm³/mol. The molecule has 0 saturated heterocycles. The van der Waals surface area contributed by atoms with Crippen molar-refractivity contribution >= 4 is 5.97 Å². The highest BCUT2D eigenvalue weighted by molar-refractivity contribution is 5.75. The summed E-state index contributed by atoms with van der Waals surface area (Å²) in [6.45, 7) is 0. The maximum atomic E-state index is 13.0. The summed E-state index contributed by atoms with van der Waals surface area (Å²) in [5.41, 5.74) is -0.676. The number of aliphatic carboxylic acids is 1. The quantitative estimate of drug-likeness (QED) is 0.860. The maximum absolute atomic E-state index is 13.0. The van der Waals surface area contributed by atoms with Crippen molar-refractivity contribution in [3.05, 3.63) is 35.4 Å². The summed E-state index contributed by atoms with van der Waals surface area (Å²) < 4.78 is 62.4. The molecule has 19 heavy (non-hydrogen) atoms. The number of hydrogen-bond donors (Lipinski definition) is 1. The molecule has 1 N–H and O–H groups in total. The lowest BCUT2D eigenvalue weighted by molar-refractivity contribution is -0.289. The van der Waals surface area contributed by atoms with Gasteiger partial charge in [0.15, 0.2) is 0 Å². The normalized spacial score (nSPS) is 23.2. The summed E-state index contributed by atoms with van der Waals surface area (Å²) in [5, 5.41) is 8.71. The zero-order valence-corrected chi connectivity index (χ0v) is 9.42. The summed E-state index contributed by atoms with van der Waals surface area (Å²) in [5.74, 6) is -6.77. The fourth-order valence-electron chi connectivity index (χ4n) is 1.94. The minimum atomic E-state index is -5.64. The van der Waals surface area contributed by atoms with E-state index < -0.39 is 29.5 Å². The molecular formula is C12H9F5O2. The fraction of sp³-hybridized carbons (Fsp3) is 0.417. The molecule has 0 heterocycles. The zero-order chi connectivity index (χ0) is 14.4. The number of hydrogen-bond acceptors (Lipinski definition) is 1. The number of alkyl halides is 5. The zero-order valence-electron chi connectivity index (χ0n) is 9.42. The van der Waals surface area contributed by atoms with E-state index in [0.29, 0.717) is 24.1 Å². The molecule has 1 aromatic carbocycles. The van der Waals surface area contributed by atoms with Crippen molar-refractivity contribution in [1.29, 1.82) is 0 Å². The third-order valence-corrected chi connectivity index (χ3v) is 3.17. The molecule has 0 bridgehead atoms. The van der Waals surface area contributed by atoms with E-state index in [1.165, 1.54) is 0 Å². The lowest BCUT2D eigenvalue weighted by Gasteiger charge is -2.19. The van der Waals surface area contributed by atoms with E-state index >= 15 is 0 Å². The molecule has 2 rings (SSSR count). The van der Waals surface area contributed by atoms with Crippen LogP contribution in [0.4, 0.5) is 22.0 Å². The molecular weight excluding hydrogens is 271 g/mol. The lowest BCUT2D eigenvalue weighted by Crippen LogP contribution is -2.33. The Labute approximate surface area is 104 Å². The molecule has 104 valence electrons. The van der Waals surface area contributed by atoms with Gasteiger partial charge in [-0.1, -0.05) is 24.3 Å². The second-order valence-corrected chi connectivity index (χ2v) is 4.48. The van der Waals surface area contributed by atoms with E-state index in [0.717, 1.165) is 12.1 Å². The summed E-state index contributed by atoms with van der Waals surface area (Å²) >= 11 is 0. The van der Waals surface area contributed by atoms with Crippen LogP contribution in [0.5, 0.6) is 0 Å². The highest BCUT2D eigenvalue weighted by atomic mass is 19.4. The standard InChI is InChI=1S/C12H9F5O2/c13-11(14,12(15,16)17)7-3-1-6(2-4-7)8-5-9(8)10(18)19/h1-4,8-9H,5H2,(H,18,19). The summed E-state index contributed by atoms with van der Waals surface area (Å²) in [6, 6.07) is 3.64. The molecule has 0 radical (unpaired) electrons. The molecule has 0 aliphatic heterocycles. The van der Waals surface area contributed by atoms with Gasteiger partial charge in [-0.25, -0.2) is 0 Å². The van der Waals surface area contributed by atoms with E-state index in [1.807, 2.05) is 0 Å². The lowest BCUT2D eigenvalue weighted by atomic mass is 10.0. The Hall–Kier alpha value is -1.66. The van der Waals surface area contributed by atoms with Crippen LogP contribution >= 0.6 is 0 Å². The van der Waals surface area contributed by atoms with Crippen molar-refractivity contribution in [3.8, 4) is 0 Å². The SMILES string of the molecule is O=C(O)C1CC1c1ccc(C(F)(F)C(F)(F)F)cc1. The monoisotopic (exact) mass is 280 g/mol. The first kappa shape index (κ1) is 13.8. The Morgan fingerprint density at radius 1 is 1.11 bits per heavy atom. The Morgan fingerprint density at radius 2 is 1.63 bits per heavy atom. The summed E-state index contributed by atoms with van der Waals surface area (Å²) in [6.07, 6.45) is -5.26. The first-order valence-electron chi connectivity index (χ1n) is 5.42. The molecule has 1 saturated carbocycles. The molecule has 0 spiro atoms. The second kappa shape index (κ2) is 4.18. The van der Waals surface area contributed by atoms with Gasteiger partial charge >= 0.3 is 18.1 Å². The van der Waals surface area contributed by atoms with Crippen LogP contribution in [0, 0.1) is 5.92 Å². The number of carbonyl (C=O) groups is 1. The van der Waals surface area contributed by atoms with Crippen molar-refractivity contribution in [1.82, 2.24) is 0 Å². The number of carboxylic acids is 1. The first-order chi connectivity index (χ1) is 8.64. The maximum Gasteiger partial charge on any atom is 0.458 e. The van der Waals surface area contributed by atoms with Crippen LogP contribution in [0.2, 0.25) is 0 Å². The number of carboxylic acid groups (broad SMARTS) is 1. The van der Waals surface area contributed by atoms with Gasteiger partial charge in [0, 0.05) is 5.56 Å². The molecule has 1 fully saturated rings. The van der Waals surface area contributed by atoms with Crippen LogP contribution in [-0.4, -0.2) is 17.3 Å². The Morgan fingerprint density at radius 3 is 2.00 bits per heavy atom. The van der Waals surface area contributed by atoms with Crippen molar-refractivity contribution in [2.75, 3.05) is 0 Å². The van der Waals surface area contributed by atoms with Crippen molar-refractivity contribution < 1.29 is 31.9 Å². The van der Waals surface area contributed by atoms with Crippen LogP contribution in [0.25, 0.3) is 0 Å². The third-order valence-electron chi connectivity index (χ3n) is 3.17. The smallest absolute Gasteiger partial charge is 0.458 e. The van der Waals surface area contributed by atoms with Crippen LogP contribution in [-0.2, 0) is 10.7 Å². The van der Waals surface area contributed by atoms with E-state index in [9.17, 15) is 26.7 Å². The molecule has 2 nitrogen and oxygen atoms in total. The van der Waals surface area contributed by atoms with E-state index in [1.54, 1.807) is 0 Å². The molecule has 0 amide bonds. The van der Waals surface area contributed by atoms with Crippen LogP contribution in [0.1, 0.15) is 23.5 Å². The van der Waals surface area contributed by atoms with Crippen molar-refractivity contribution in [2.24, 2.45) is 5.92 Å². The van der Waals surface area contributed by atoms with Gasteiger partial charge in [-0.3, -0.25) is 4.79 Å². The van der Waals surface area contributed by atoms with E-state index in [4.69, 9.17) is 5.11 Å². The second-order valence-electron chi connectivity index (χ2n) is 4.48. The molecule has 1 aromatic rings. The van der Waals surface area contributed by atoms with Crippen molar-refractivity contribution in [2.45, 2.75) is 24.4 Å². The van der Waals surface area contributed by atoms with Crippen molar-refractivity contribution in [3.63, 3.8) is 0 Å². The van der Waals surface area contributed by atoms with Gasteiger partial charge in [-0.05, 0) is 17.9 Å². The molecule has 2 unspecified atom stereocenters. The van der Waals surface area contributed by atoms with E-state index in [-0.39, 0.29) is 5.92 Å². The average molecular weight is 280 g/mol. The third kappa shape index (κ3) is 2.41. The molecule has 2 atom stereocenters. The Bertz CT molecular complexity index is 492. The van der Waals surface area contributed by atoms with Gasteiger partial charge in [0.2, 0.25) is 0 Å². The molecule has 0 aromatic heterocycles. The largest absolute Gasteiger partial charge is 0.481 e. The highest BCUT2D eigenvalue weighted by Crippen LogP contribution is 2.49. The van der Waals surface area contributed by atoms with E-state index in [2.05, 4.69) is 0 Å². The topological polar surface area (TPSA) is 37.3 Å². The predicted octanol–water partition coefficient (Wildman–Crippen LogP) is 3.53. The highest BCUT2D eigenvalue weighted by Gasteiger charge is 2.58. The number of benzene rings is 1. The molecule has 1 aliphatic carbocycles. The fourth-order valence-corrected chi connectivity index (χ4v) is 1.94. The minimum Gasteiger partial charge on any atom is -0.481 e. The first-order valence-corrected chi connectivity index (χ1v) is 5.42. The Balaban J connectivity index is 2.18. The van der Waals surface area contributed by atoms with Gasteiger partial charge in [0.25, 0.3) is 0 Å². The minimum absolute atomic E-state index is 0.300. The van der Waals surface area contributed by atoms with Crippen LogP contribution in [0.3, 0.4) is 0 Å². The van der Waals surface area contributed by atoms with Crippen LogP contribution in [0.15, 0.2) is 24.3 Å². The van der Waals surface area contributed by atoms with Gasteiger partial charge in [0.05, 0.1) is 5.92 Å². The number of rotatable bonds is 3. The van der Waals surface area contributed by atoms with Gasteiger partial charge < -0.3 is 5.11 Å². The van der Waals surface area contributed by atoms with Gasteiger partial charge in [0.1, 0.15) is 0 Å². The summed E-state index contributed by atoms with van der Waals surface area (Å²) in [7, 11) is 0. The van der Waals surface area contributed by atoms with Gasteiger partial charge in [-0.15, -0.1) is 0 Å². The Kier molecular flexibility index (Phi) is 3.03. The molecule has 7 heteroatoms.